The third-order valence-corrected chi connectivity index (χ3v) is 6.28. The first kappa shape index (κ1) is 18.3. The largest absolute Gasteiger partial charge is 0.493 e. The van der Waals surface area contributed by atoms with Crippen LogP contribution in [0.25, 0.3) is 0 Å². The van der Waals surface area contributed by atoms with E-state index in [0.717, 1.165) is 23.6 Å². The van der Waals surface area contributed by atoms with E-state index in [9.17, 15) is 0 Å². The zero-order chi connectivity index (χ0) is 19.6. The third kappa shape index (κ3) is 3.77. The summed E-state index contributed by atoms with van der Waals surface area (Å²) >= 11 is 6.26. The summed E-state index contributed by atoms with van der Waals surface area (Å²) in [7, 11) is 0. The molecule has 1 aliphatic heterocycles. The van der Waals surface area contributed by atoms with Gasteiger partial charge < -0.3 is 10.1 Å². The number of benzene rings is 3. The molecule has 0 bridgehead atoms. The summed E-state index contributed by atoms with van der Waals surface area (Å²) in [5.74, 6) is 1.86. The third-order valence-electron chi connectivity index (χ3n) is 6.04. The van der Waals surface area contributed by atoms with Crippen molar-refractivity contribution in [2.45, 2.75) is 24.8 Å². The summed E-state index contributed by atoms with van der Waals surface area (Å²) in [6, 6.07) is 25.4. The van der Waals surface area contributed by atoms with Crippen molar-refractivity contribution in [3.05, 3.63) is 107 Å². The van der Waals surface area contributed by atoms with Crippen molar-refractivity contribution in [2.24, 2.45) is 5.92 Å². The van der Waals surface area contributed by atoms with Gasteiger partial charge in [-0.25, -0.2) is 0 Å². The highest BCUT2D eigenvalue weighted by Crippen LogP contribution is 2.50. The number of fused-ring (bicyclic) bond motifs is 3. The molecule has 1 aliphatic carbocycles. The van der Waals surface area contributed by atoms with E-state index in [2.05, 4.69) is 72.1 Å². The summed E-state index contributed by atoms with van der Waals surface area (Å²) in [6.45, 7) is 0.686. The first-order chi connectivity index (χ1) is 14.3. The van der Waals surface area contributed by atoms with Crippen molar-refractivity contribution < 1.29 is 4.74 Å². The van der Waals surface area contributed by atoms with E-state index in [1.165, 1.54) is 22.4 Å². The maximum absolute atomic E-state index is 6.26. The average Bonchev–Trinajstić information content (AvgIpc) is 3.24. The molecule has 5 rings (SSSR count). The molecule has 2 nitrogen and oxygen atoms in total. The smallest absolute Gasteiger partial charge is 0.119 e. The van der Waals surface area contributed by atoms with Gasteiger partial charge in [0.1, 0.15) is 5.75 Å². The molecule has 0 radical (unpaired) electrons. The summed E-state index contributed by atoms with van der Waals surface area (Å²) in [5.41, 5.74) is 5.08. The minimum Gasteiger partial charge on any atom is -0.493 e. The highest BCUT2D eigenvalue weighted by Gasteiger charge is 2.38. The van der Waals surface area contributed by atoms with E-state index in [-0.39, 0.29) is 6.04 Å². The number of nitrogens with one attached hydrogen (secondary N) is 1. The fourth-order valence-corrected chi connectivity index (χ4v) is 4.82. The van der Waals surface area contributed by atoms with Crippen molar-refractivity contribution in [3.63, 3.8) is 0 Å². The Morgan fingerprint density at radius 2 is 1.86 bits per heavy atom. The molecule has 3 heteroatoms. The Morgan fingerprint density at radius 3 is 2.72 bits per heavy atom. The monoisotopic (exact) mass is 401 g/mol. The number of anilines is 1. The van der Waals surface area contributed by atoms with Crippen LogP contribution in [0.15, 0.2) is 84.9 Å². The molecule has 0 aromatic heterocycles. The Bertz CT molecular complexity index is 1030. The van der Waals surface area contributed by atoms with Gasteiger partial charge in [0, 0.05) is 23.0 Å². The maximum atomic E-state index is 6.26. The first-order valence-electron chi connectivity index (χ1n) is 10.3. The quantitative estimate of drug-likeness (QED) is 0.475. The van der Waals surface area contributed by atoms with Gasteiger partial charge in [0.25, 0.3) is 0 Å². The molecule has 3 aromatic rings. The molecule has 0 fully saturated rings. The lowest BCUT2D eigenvalue weighted by Gasteiger charge is -2.37. The maximum Gasteiger partial charge on any atom is 0.119 e. The molecule has 1 N–H and O–H groups in total. The molecule has 0 spiro atoms. The highest BCUT2D eigenvalue weighted by atomic mass is 35.5. The van der Waals surface area contributed by atoms with E-state index in [0.29, 0.717) is 18.4 Å². The van der Waals surface area contributed by atoms with Gasteiger partial charge in [0.2, 0.25) is 0 Å². The number of hydrogen-bond donors (Lipinski definition) is 1. The first-order valence-corrected chi connectivity index (χ1v) is 10.6. The lowest BCUT2D eigenvalue weighted by Crippen LogP contribution is -2.29. The van der Waals surface area contributed by atoms with E-state index in [4.69, 9.17) is 16.3 Å². The highest BCUT2D eigenvalue weighted by molar-refractivity contribution is 6.30. The van der Waals surface area contributed by atoms with Gasteiger partial charge in [-0.2, -0.15) is 0 Å². The standard InChI is InChI=1S/C26H24ClNO/c27-20-9-4-8-19(16-20)26-23-11-5-10-22(23)24-17-21(12-13-25(24)28-26)29-15-14-18-6-2-1-3-7-18/h1-10,12-13,16-17,22-23,26,28H,11,14-15H2. The van der Waals surface area contributed by atoms with Gasteiger partial charge in [-0.1, -0.05) is 66.2 Å². The van der Waals surface area contributed by atoms with Gasteiger partial charge in [-0.15, -0.1) is 0 Å². The summed E-state index contributed by atoms with van der Waals surface area (Å²) in [6.07, 6.45) is 6.66. The molecule has 2 aliphatic rings. The second-order valence-electron chi connectivity index (χ2n) is 7.86. The minimum atomic E-state index is 0.269. The Kier molecular flexibility index (Phi) is 5.03. The van der Waals surface area contributed by atoms with Gasteiger partial charge in [-0.3, -0.25) is 0 Å². The Morgan fingerprint density at radius 1 is 0.966 bits per heavy atom. The van der Waals surface area contributed by atoms with Crippen LogP contribution in [-0.4, -0.2) is 6.61 Å². The molecular formula is C26H24ClNO. The molecule has 29 heavy (non-hydrogen) atoms. The van der Waals surface area contributed by atoms with Crippen LogP contribution >= 0.6 is 11.6 Å². The minimum absolute atomic E-state index is 0.269. The van der Waals surface area contributed by atoms with Crippen LogP contribution < -0.4 is 10.1 Å². The molecule has 146 valence electrons. The predicted molar refractivity (Wildman–Crippen MR) is 120 cm³/mol. The number of ether oxygens (including phenoxy) is 1. The number of halogens is 1. The summed E-state index contributed by atoms with van der Waals surface area (Å²) < 4.78 is 6.08. The number of rotatable bonds is 5. The van der Waals surface area contributed by atoms with Crippen LogP contribution in [0.2, 0.25) is 5.02 Å². The van der Waals surface area contributed by atoms with E-state index in [1.807, 2.05) is 18.2 Å². The zero-order valence-corrected chi connectivity index (χ0v) is 17.0. The Balaban J connectivity index is 1.35. The second-order valence-corrected chi connectivity index (χ2v) is 8.30. The lowest BCUT2D eigenvalue weighted by molar-refractivity contribution is 0.320. The van der Waals surface area contributed by atoms with E-state index >= 15 is 0 Å². The molecular weight excluding hydrogens is 378 g/mol. The number of allylic oxidation sites excluding steroid dienone is 2. The molecule has 0 saturated heterocycles. The van der Waals surface area contributed by atoms with Crippen molar-refractivity contribution in [1.29, 1.82) is 0 Å². The lowest BCUT2D eigenvalue weighted by atomic mass is 9.77. The molecule has 3 atom stereocenters. The average molecular weight is 402 g/mol. The Labute approximate surface area is 177 Å². The van der Waals surface area contributed by atoms with Crippen molar-refractivity contribution >= 4 is 17.3 Å². The van der Waals surface area contributed by atoms with Crippen LogP contribution in [0.3, 0.4) is 0 Å². The SMILES string of the molecule is Clc1cccc(C2Nc3ccc(OCCc4ccccc4)cc3C3C=CCC32)c1. The fraction of sp³-hybridized carbons (Fsp3) is 0.231. The molecule has 3 aromatic carbocycles. The number of hydrogen-bond acceptors (Lipinski definition) is 2. The zero-order valence-electron chi connectivity index (χ0n) is 16.2. The molecule has 0 saturated carbocycles. The predicted octanol–water partition coefficient (Wildman–Crippen LogP) is 6.79. The Hall–Kier alpha value is -2.71. The molecule has 3 unspecified atom stereocenters. The summed E-state index contributed by atoms with van der Waals surface area (Å²) in [5, 5.41) is 4.56. The normalized spacial score (nSPS) is 21.9. The summed E-state index contributed by atoms with van der Waals surface area (Å²) in [4.78, 5) is 0. The van der Waals surface area contributed by atoms with E-state index in [1.54, 1.807) is 0 Å². The van der Waals surface area contributed by atoms with Crippen LogP contribution in [-0.2, 0) is 6.42 Å². The van der Waals surface area contributed by atoms with Gasteiger partial charge in [0.15, 0.2) is 0 Å². The van der Waals surface area contributed by atoms with Crippen molar-refractivity contribution in [3.8, 4) is 5.75 Å². The topological polar surface area (TPSA) is 21.3 Å². The van der Waals surface area contributed by atoms with Crippen LogP contribution in [0.5, 0.6) is 5.75 Å². The van der Waals surface area contributed by atoms with Gasteiger partial charge in [-0.05, 0) is 59.4 Å². The fourth-order valence-electron chi connectivity index (χ4n) is 4.62. The van der Waals surface area contributed by atoms with Gasteiger partial charge in [0.05, 0.1) is 12.6 Å². The van der Waals surface area contributed by atoms with E-state index < -0.39 is 0 Å². The second kappa shape index (κ2) is 7.96. The van der Waals surface area contributed by atoms with Gasteiger partial charge >= 0.3 is 0 Å². The van der Waals surface area contributed by atoms with Crippen LogP contribution in [0.4, 0.5) is 5.69 Å². The van der Waals surface area contributed by atoms with Crippen molar-refractivity contribution in [2.75, 3.05) is 11.9 Å². The molecule has 1 heterocycles. The molecule has 0 amide bonds. The van der Waals surface area contributed by atoms with Crippen LogP contribution in [0.1, 0.15) is 35.1 Å². The van der Waals surface area contributed by atoms with Crippen LogP contribution in [0, 0.1) is 5.92 Å². The van der Waals surface area contributed by atoms with Crippen molar-refractivity contribution in [1.82, 2.24) is 0 Å².